The first-order valence-electron chi connectivity index (χ1n) is 8.42. The topological polar surface area (TPSA) is 46.9 Å². The van der Waals surface area contributed by atoms with Crippen LogP contribution < -0.4 is 5.32 Å². The lowest BCUT2D eigenvalue weighted by atomic mass is 10.1. The van der Waals surface area contributed by atoms with E-state index in [1.807, 2.05) is 71.4 Å². The number of carbonyl (C=O) groups excluding carboxylic acids is 1. The van der Waals surface area contributed by atoms with Crippen molar-refractivity contribution in [2.24, 2.45) is 0 Å². The van der Waals surface area contributed by atoms with Crippen molar-refractivity contribution in [3.63, 3.8) is 0 Å². The third-order valence-electron chi connectivity index (χ3n) is 4.13. The molecular formula is C20H19N3OS. The molecule has 1 N–H and O–H groups in total. The number of nitrogens with one attached hydrogen (secondary N) is 1. The average molecular weight is 349 g/mol. The van der Waals surface area contributed by atoms with E-state index in [-0.39, 0.29) is 11.2 Å². The van der Waals surface area contributed by atoms with Gasteiger partial charge in [0.05, 0.1) is 0 Å². The Kier molecular flexibility index (Phi) is 4.57. The molecule has 1 unspecified atom stereocenters. The first-order chi connectivity index (χ1) is 12.3. The van der Waals surface area contributed by atoms with E-state index in [4.69, 9.17) is 0 Å². The van der Waals surface area contributed by atoms with Gasteiger partial charge in [-0.05, 0) is 30.5 Å². The minimum absolute atomic E-state index is 0.0568. The highest BCUT2D eigenvalue weighted by Gasteiger charge is 2.30. The largest absolute Gasteiger partial charge is 0.352 e. The van der Waals surface area contributed by atoms with Crippen LogP contribution in [0.25, 0.3) is 5.69 Å². The van der Waals surface area contributed by atoms with Gasteiger partial charge in [0, 0.05) is 24.1 Å². The van der Waals surface area contributed by atoms with Crippen molar-refractivity contribution in [2.75, 3.05) is 0 Å². The van der Waals surface area contributed by atoms with Gasteiger partial charge in [-0.3, -0.25) is 9.36 Å². The van der Waals surface area contributed by atoms with E-state index >= 15 is 0 Å². The van der Waals surface area contributed by atoms with Crippen LogP contribution in [0.2, 0.25) is 0 Å². The predicted molar refractivity (Wildman–Crippen MR) is 99.8 cm³/mol. The summed E-state index contributed by atoms with van der Waals surface area (Å²) in [5, 5.41) is 3.63. The Morgan fingerprint density at radius 1 is 1.08 bits per heavy atom. The van der Waals surface area contributed by atoms with Crippen LogP contribution in [-0.4, -0.2) is 21.5 Å². The fraction of sp³-hybridized carbons (Fsp3) is 0.200. The third-order valence-corrected chi connectivity index (χ3v) is 5.36. The van der Waals surface area contributed by atoms with Crippen LogP contribution in [0.5, 0.6) is 0 Å². The van der Waals surface area contributed by atoms with Crippen LogP contribution in [-0.2, 0) is 4.79 Å². The molecule has 5 heteroatoms. The van der Waals surface area contributed by atoms with Gasteiger partial charge in [0.25, 0.3) is 0 Å². The number of nitrogens with zero attached hydrogens (tertiary/aromatic N) is 2. The molecular weight excluding hydrogens is 330 g/mol. The van der Waals surface area contributed by atoms with Gasteiger partial charge >= 0.3 is 0 Å². The molecule has 0 spiro atoms. The second-order valence-corrected chi connectivity index (χ2v) is 7.18. The van der Waals surface area contributed by atoms with Gasteiger partial charge in [-0.1, -0.05) is 60.3 Å². The SMILES string of the molecule is O=C(NC1CC1)C(Sc1nccn1-c1ccccc1)c1ccccc1. The Labute approximate surface area is 151 Å². The number of amides is 1. The molecule has 2 aromatic carbocycles. The lowest BCUT2D eigenvalue weighted by molar-refractivity contribution is -0.120. The van der Waals surface area contributed by atoms with Gasteiger partial charge in [-0.2, -0.15) is 0 Å². The molecule has 126 valence electrons. The Morgan fingerprint density at radius 2 is 1.76 bits per heavy atom. The molecule has 0 bridgehead atoms. The summed E-state index contributed by atoms with van der Waals surface area (Å²) in [5.74, 6) is 0.0568. The molecule has 0 aliphatic heterocycles. The Morgan fingerprint density at radius 3 is 2.44 bits per heavy atom. The van der Waals surface area contributed by atoms with Crippen LogP contribution in [0, 0.1) is 0 Å². The lowest BCUT2D eigenvalue weighted by Crippen LogP contribution is -2.29. The highest BCUT2D eigenvalue weighted by Crippen LogP contribution is 2.36. The predicted octanol–water partition coefficient (Wildman–Crippen LogP) is 3.98. The molecule has 1 aliphatic carbocycles. The highest BCUT2D eigenvalue weighted by atomic mass is 32.2. The Bertz CT molecular complexity index is 844. The number of carbonyl (C=O) groups is 1. The molecule has 25 heavy (non-hydrogen) atoms. The molecule has 0 radical (unpaired) electrons. The molecule has 1 atom stereocenters. The fourth-order valence-corrected chi connectivity index (χ4v) is 3.75. The van der Waals surface area contributed by atoms with Crippen molar-refractivity contribution in [2.45, 2.75) is 29.3 Å². The summed E-state index contributed by atoms with van der Waals surface area (Å²) < 4.78 is 2.02. The molecule has 1 amide bonds. The smallest absolute Gasteiger partial charge is 0.238 e. The van der Waals surface area contributed by atoms with E-state index in [1.54, 1.807) is 6.20 Å². The summed E-state index contributed by atoms with van der Waals surface area (Å²) in [6.45, 7) is 0. The molecule has 4 nitrogen and oxygen atoms in total. The van der Waals surface area contributed by atoms with E-state index in [2.05, 4.69) is 10.3 Å². The van der Waals surface area contributed by atoms with Gasteiger partial charge in [0.15, 0.2) is 5.16 Å². The molecule has 1 saturated carbocycles. The average Bonchev–Trinajstić information content (AvgIpc) is 3.35. The van der Waals surface area contributed by atoms with Gasteiger partial charge in [-0.15, -0.1) is 0 Å². The summed E-state index contributed by atoms with van der Waals surface area (Å²) in [7, 11) is 0. The van der Waals surface area contributed by atoms with E-state index in [0.717, 1.165) is 29.2 Å². The summed E-state index contributed by atoms with van der Waals surface area (Å²) in [6.07, 6.45) is 5.86. The van der Waals surface area contributed by atoms with Crippen LogP contribution in [0.4, 0.5) is 0 Å². The standard InChI is InChI=1S/C20H19N3OS/c24-19(22-16-11-12-16)18(15-7-3-1-4-8-15)25-20-21-13-14-23(20)17-9-5-2-6-10-17/h1-10,13-14,16,18H,11-12H2,(H,22,24). The van der Waals surface area contributed by atoms with Crippen LogP contribution in [0.3, 0.4) is 0 Å². The molecule has 1 fully saturated rings. The maximum atomic E-state index is 12.8. The van der Waals surface area contributed by atoms with Gasteiger partial charge in [0.2, 0.25) is 5.91 Å². The quantitative estimate of drug-likeness (QED) is 0.685. The number of aromatic nitrogens is 2. The highest BCUT2D eigenvalue weighted by molar-refractivity contribution is 8.00. The third kappa shape index (κ3) is 3.77. The molecule has 3 aromatic rings. The van der Waals surface area contributed by atoms with E-state index < -0.39 is 0 Å². The van der Waals surface area contributed by atoms with Gasteiger partial charge in [0.1, 0.15) is 5.25 Å². The van der Waals surface area contributed by atoms with Crippen molar-refractivity contribution >= 4 is 17.7 Å². The second-order valence-electron chi connectivity index (χ2n) is 6.11. The van der Waals surface area contributed by atoms with Gasteiger partial charge in [-0.25, -0.2) is 4.98 Å². The lowest BCUT2D eigenvalue weighted by Gasteiger charge is -2.17. The van der Waals surface area contributed by atoms with Gasteiger partial charge < -0.3 is 5.32 Å². The van der Waals surface area contributed by atoms with Crippen molar-refractivity contribution < 1.29 is 4.79 Å². The number of benzene rings is 2. The van der Waals surface area contributed by atoms with E-state index in [0.29, 0.717) is 6.04 Å². The maximum Gasteiger partial charge on any atom is 0.238 e. The van der Waals surface area contributed by atoms with Crippen molar-refractivity contribution in [1.82, 2.24) is 14.9 Å². The van der Waals surface area contributed by atoms with Crippen molar-refractivity contribution in [3.8, 4) is 5.69 Å². The fourth-order valence-electron chi connectivity index (χ4n) is 2.67. The maximum absolute atomic E-state index is 12.8. The minimum Gasteiger partial charge on any atom is -0.352 e. The van der Waals surface area contributed by atoms with Crippen LogP contribution >= 0.6 is 11.8 Å². The monoisotopic (exact) mass is 349 g/mol. The second kappa shape index (κ2) is 7.15. The zero-order valence-electron chi connectivity index (χ0n) is 13.7. The zero-order valence-corrected chi connectivity index (χ0v) is 14.5. The summed E-state index contributed by atoms with van der Waals surface area (Å²) in [6, 6.07) is 20.3. The number of thioether (sulfide) groups is 1. The molecule has 1 aliphatic rings. The zero-order chi connectivity index (χ0) is 17.1. The number of hydrogen-bond donors (Lipinski definition) is 1. The molecule has 1 aromatic heterocycles. The number of para-hydroxylation sites is 1. The number of hydrogen-bond acceptors (Lipinski definition) is 3. The van der Waals surface area contributed by atoms with Crippen LogP contribution in [0.15, 0.2) is 78.2 Å². The number of imidazole rings is 1. The van der Waals surface area contributed by atoms with E-state index in [9.17, 15) is 4.79 Å². The minimum atomic E-state index is -0.313. The van der Waals surface area contributed by atoms with Crippen molar-refractivity contribution in [1.29, 1.82) is 0 Å². The normalized spacial score (nSPS) is 14.9. The molecule has 1 heterocycles. The summed E-state index contributed by atoms with van der Waals surface area (Å²) in [4.78, 5) is 17.3. The molecule has 0 saturated heterocycles. The van der Waals surface area contributed by atoms with E-state index in [1.165, 1.54) is 11.8 Å². The first-order valence-corrected chi connectivity index (χ1v) is 9.30. The Hall–Kier alpha value is -2.53. The van der Waals surface area contributed by atoms with Crippen molar-refractivity contribution in [3.05, 3.63) is 78.6 Å². The summed E-state index contributed by atoms with van der Waals surface area (Å²) in [5.41, 5.74) is 2.03. The first kappa shape index (κ1) is 16.0. The number of rotatable bonds is 6. The molecule has 4 rings (SSSR count). The Balaban J connectivity index is 1.63. The summed E-state index contributed by atoms with van der Waals surface area (Å²) >= 11 is 1.49. The van der Waals surface area contributed by atoms with Crippen LogP contribution in [0.1, 0.15) is 23.7 Å².